The quantitative estimate of drug-likeness (QED) is 0.823. The van der Waals surface area contributed by atoms with Crippen LogP contribution in [0.3, 0.4) is 0 Å². The van der Waals surface area contributed by atoms with Gasteiger partial charge in [-0.3, -0.25) is 4.79 Å². The number of carbonyl (C=O) groups is 1. The highest BCUT2D eigenvalue weighted by Crippen LogP contribution is 2.37. The second-order valence-corrected chi connectivity index (χ2v) is 5.97. The standard InChI is InChI=1S/C16H22N2O/c1-11(13-4-5-13)16(19)18-15-6-2-12(3-7-15)10-17-14-8-9-14/h2-3,6-7,11,13-14,17H,4-5,8-10H2,1H3,(H,18,19). The Hall–Kier alpha value is -1.35. The minimum atomic E-state index is 0.149. The van der Waals surface area contributed by atoms with Crippen LogP contribution in [0.5, 0.6) is 0 Å². The molecule has 3 heteroatoms. The van der Waals surface area contributed by atoms with E-state index in [2.05, 4.69) is 22.8 Å². The van der Waals surface area contributed by atoms with Gasteiger partial charge in [0.1, 0.15) is 0 Å². The SMILES string of the molecule is CC(C(=O)Nc1ccc(CNC2CC2)cc1)C1CC1. The summed E-state index contributed by atoms with van der Waals surface area (Å²) < 4.78 is 0. The highest BCUT2D eigenvalue weighted by molar-refractivity contribution is 5.92. The van der Waals surface area contributed by atoms with Crippen LogP contribution in [0.4, 0.5) is 5.69 Å². The van der Waals surface area contributed by atoms with Crippen LogP contribution in [0.2, 0.25) is 0 Å². The zero-order valence-electron chi connectivity index (χ0n) is 11.5. The van der Waals surface area contributed by atoms with Crippen molar-refractivity contribution in [3.8, 4) is 0 Å². The minimum Gasteiger partial charge on any atom is -0.326 e. The van der Waals surface area contributed by atoms with Crippen LogP contribution < -0.4 is 10.6 Å². The van der Waals surface area contributed by atoms with Crippen molar-refractivity contribution >= 4 is 11.6 Å². The fourth-order valence-electron chi connectivity index (χ4n) is 2.32. The first-order valence-corrected chi connectivity index (χ1v) is 7.35. The summed E-state index contributed by atoms with van der Waals surface area (Å²) in [5.74, 6) is 0.921. The predicted octanol–water partition coefficient (Wildman–Crippen LogP) is 2.92. The highest BCUT2D eigenvalue weighted by Gasteiger charge is 2.32. The molecule has 2 aliphatic carbocycles. The van der Waals surface area contributed by atoms with Crippen LogP contribution >= 0.6 is 0 Å². The summed E-state index contributed by atoms with van der Waals surface area (Å²) in [6.45, 7) is 2.96. The molecule has 3 nitrogen and oxygen atoms in total. The first kappa shape index (κ1) is 12.7. The van der Waals surface area contributed by atoms with Gasteiger partial charge in [-0.1, -0.05) is 19.1 Å². The number of carbonyl (C=O) groups excluding carboxylic acids is 1. The Morgan fingerprint density at radius 3 is 2.47 bits per heavy atom. The van der Waals surface area contributed by atoms with Gasteiger partial charge in [-0.05, 0) is 49.3 Å². The van der Waals surface area contributed by atoms with Gasteiger partial charge in [0.2, 0.25) is 5.91 Å². The molecule has 102 valence electrons. The summed E-state index contributed by atoms with van der Waals surface area (Å²) in [5.41, 5.74) is 2.19. The summed E-state index contributed by atoms with van der Waals surface area (Å²) in [6, 6.07) is 8.92. The van der Waals surface area contributed by atoms with Crippen LogP contribution in [0, 0.1) is 11.8 Å². The van der Waals surface area contributed by atoms with E-state index in [9.17, 15) is 4.79 Å². The van der Waals surface area contributed by atoms with E-state index in [4.69, 9.17) is 0 Å². The lowest BCUT2D eigenvalue weighted by molar-refractivity contribution is -0.119. The molecule has 0 radical (unpaired) electrons. The second-order valence-electron chi connectivity index (χ2n) is 5.97. The number of anilines is 1. The van der Waals surface area contributed by atoms with E-state index in [0.717, 1.165) is 18.3 Å². The van der Waals surface area contributed by atoms with Gasteiger partial charge in [-0.15, -0.1) is 0 Å². The third kappa shape index (κ3) is 3.57. The van der Waals surface area contributed by atoms with E-state index >= 15 is 0 Å². The average Bonchev–Trinajstić information content (AvgIpc) is 3.30. The molecule has 0 aliphatic heterocycles. The molecular formula is C16H22N2O. The zero-order chi connectivity index (χ0) is 13.2. The van der Waals surface area contributed by atoms with E-state index < -0.39 is 0 Å². The molecule has 1 amide bonds. The van der Waals surface area contributed by atoms with Gasteiger partial charge in [0, 0.05) is 24.2 Å². The molecule has 2 saturated carbocycles. The van der Waals surface area contributed by atoms with E-state index in [1.165, 1.54) is 31.2 Å². The van der Waals surface area contributed by atoms with Crippen molar-refractivity contribution in [1.29, 1.82) is 0 Å². The lowest BCUT2D eigenvalue weighted by Gasteiger charge is -2.11. The normalized spacial score (nSPS) is 20.1. The fourth-order valence-corrected chi connectivity index (χ4v) is 2.32. The molecule has 1 aromatic rings. The van der Waals surface area contributed by atoms with Gasteiger partial charge >= 0.3 is 0 Å². The van der Waals surface area contributed by atoms with Crippen molar-refractivity contribution in [1.82, 2.24) is 5.32 Å². The van der Waals surface area contributed by atoms with E-state index in [-0.39, 0.29) is 11.8 Å². The largest absolute Gasteiger partial charge is 0.326 e. The fraction of sp³-hybridized carbons (Fsp3) is 0.562. The van der Waals surface area contributed by atoms with Crippen LogP contribution in [-0.2, 0) is 11.3 Å². The maximum atomic E-state index is 12.0. The summed E-state index contributed by atoms with van der Waals surface area (Å²) in [4.78, 5) is 12.0. The molecule has 1 aromatic carbocycles. The van der Waals surface area contributed by atoms with Gasteiger partial charge in [0.05, 0.1) is 0 Å². The van der Waals surface area contributed by atoms with Crippen molar-refractivity contribution in [2.45, 2.75) is 45.2 Å². The van der Waals surface area contributed by atoms with Gasteiger partial charge in [-0.2, -0.15) is 0 Å². The molecule has 19 heavy (non-hydrogen) atoms. The Balaban J connectivity index is 1.51. The van der Waals surface area contributed by atoms with Crippen molar-refractivity contribution in [3.05, 3.63) is 29.8 Å². The van der Waals surface area contributed by atoms with Crippen molar-refractivity contribution in [2.75, 3.05) is 5.32 Å². The third-order valence-corrected chi connectivity index (χ3v) is 4.14. The van der Waals surface area contributed by atoms with Crippen LogP contribution in [0.1, 0.15) is 38.2 Å². The van der Waals surface area contributed by atoms with Crippen LogP contribution in [0.25, 0.3) is 0 Å². The van der Waals surface area contributed by atoms with Crippen molar-refractivity contribution in [3.63, 3.8) is 0 Å². The van der Waals surface area contributed by atoms with Crippen LogP contribution in [0.15, 0.2) is 24.3 Å². The molecule has 0 aromatic heterocycles. The van der Waals surface area contributed by atoms with Gasteiger partial charge in [0.15, 0.2) is 0 Å². The first-order chi connectivity index (χ1) is 9.22. The molecule has 0 saturated heterocycles. The Morgan fingerprint density at radius 2 is 1.89 bits per heavy atom. The molecule has 1 unspecified atom stereocenters. The van der Waals surface area contributed by atoms with Crippen molar-refractivity contribution < 1.29 is 4.79 Å². The van der Waals surface area contributed by atoms with E-state index in [1.807, 2.05) is 19.1 Å². The molecule has 1 atom stereocenters. The topological polar surface area (TPSA) is 41.1 Å². The summed E-state index contributed by atoms with van der Waals surface area (Å²) >= 11 is 0. The number of nitrogens with one attached hydrogen (secondary N) is 2. The Bertz CT molecular complexity index is 446. The smallest absolute Gasteiger partial charge is 0.227 e. The lowest BCUT2D eigenvalue weighted by atomic mass is 10.1. The number of amides is 1. The molecule has 2 fully saturated rings. The maximum Gasteiger partial charge on any atom is 0.227 e. The minimum absolute atomic E-state index is 0.149. The molecule has 0 spiro atoms. The molecule has 2 aliphatic rings. The van der Waals surface area contributed by atoms with E-state index in [0.29, 0.717) is 5.92 Å². The number of rotatable bonds is 6. The average molecular weight is 258 g/mol. The van der Waals surface area contributed by atoms with Gasteiger partial charge in [0.25, 0.3) is 0 Å². The van der Waals surface area contributed by atoms with Gasteiger partial charge < -0.3 is 10.6 Å². The number of hydrogen-bond acceptors (Lipinski definition) is 2. The Labute approximate surface area is 114 Å². The summed E-state index contributed by atoms with van der Waals surface area (Å²) in [6.07, 6.45) is 5.04. The lowest BCUT2D eigenvalue weighted by Crippen LogP contribution is -2.21. The Kier molecular flexibility index (Phi) is 3.56. The second kappa shape index (κ2) is 5.33. The first-order valence-electron chi connectivity index (χ1n) is 7.35. The molecule has 0 bridgehead atoms. The van der Waals surface area contributed by atoms with Crippen LogP contribution in [-0.4, -0.2) is 11.9 Å². The highest BCUT2D eigenvalue weighted by atomic mass is 16.1. The predicted molar refractivity (Wildman–Crippen MR) is 76.8 cm³/mol. The number of hydrogen-bond donors (Lipinski definition) is 2. The molecule has 0 heterocycles. The number of benzene rings is 1. The van der Waals surface area contributed by atoms with Gasteiger partial charge in [-0.25, -0.2) is 0 Å². The summed E-state index contributed by atoms with van der Waals surface area (Å²) in [7, 11) is 0. The maximum absolute atomic E-state index is 12.0. The molecular weight excluding hydrogens is 236 g/mol. The third-order valence-electron chi connectivity index (χ3n) is 4.14. The zero-order valence-corrected chi connectivity index (χ0v) is 11.5. The molecule has 2 N–H and O–H groups in total. The monoisotopic (exact) mass is 258 g/mol. The molecule has 3 rings (SSSR count). The van der Waals surface area contributed by atoms with Crippen molar-refractivity contribution in [2.24, 2.45) is 11.8 Å². The Morgan fingerprint density at radius 1 is 1.21 bits per heavy atom. The summed E-state index contributed by atoms with van der Waals surface area (Å²) in [5, 5.41) is 6.50. The van der Waals surface area contributed by atoms with E-state index in [1.54, 1.807) is 0 Å².